The van der Waals surface area contributed by atoms with Crippen molar-refractivity contribution >= 4 is 49.6 Å². The maximum Gasteiger partial charge on any atom is 0.348 e. The van der Waals surface area contributed by atoms with Crippen LogP contribution in [0.3, 0.4) is 0 Å². The second-order valence-corrected chi connectivity index (χ2v) is 5.39. The quantitative estimate of drug-likeness (QED) is 0.705. The number of esters is 1. The van der Waals surface area contributed by atoms with E-state index in [4.69, 9.17) is 11.6 Å². The van der Waals surface area contributed by atoms with E-state index in [-0.39, 0.29) is 5.97 Å². The summed E-state index contributed by atoms with van der Waals surface area (Å²) in [4.78, 5) is 11.8. The fourth-order valence-electron chi connectivity index (χ4n) is 1.01. The van der Waals surface area contributed by atoms with E-state index >= 15 is 0 Å². The molecule has 0 fully saturated rings. The van der Waals surface area contributed by atoms with Crippen LogP contribution in [0.1, 0.15) is 9.67 Å². The molecule has 2 nitrogen and oxygen atoms in total. The number of carbonyl (C=O) groups is 1. The molecule has 2 rings (SSSR count). The SMILES string of the molecule is COC(=O)c1cc2cc(Cl)sc2s1. The third kappa shape index (κ3) is 1.57. The third-order valence-electron chi connectivity index (χ3n) is 1.57. The molecule has 0 N–H and O–H groups in total. The Labute approximate surface area is 87.7 Å². The van der Waals surface area contributed by atoms with Crippen LogP contribution in [0.15, 0.2) is 12.1 Å². The topological polar surface area (TPSA) is 26.3 Å². The van der Waals surface area contributed by atoms with Crippen molar-refractivity contribution in [1.29, 1.82) is 0 Å². The van der Waals surface area contributed by atoms with Crippen molar-refractivity contribution in [2.75, 3.05) is 7.11 Å². The summed E-state index contributed by atoms with van der Waals surface area (Å²) in [6.07, 6.45) is 0. The first-order valence-corrected chi connectivity index (χ1v) is 5.49. The third-order valence-corrected chi connectivity index (χ3v) is 4.07. The van der Waals surface area contributed by atoms with Crippen LogP contribution in [-0.2, 0) is 4.74 Å². The van der Waals surface area contributed by atoms with Crippen LogP contribution < -0.4 is 0 Å². The average molecular weight is 233 g/mol. The first-order chi connectivity index (χ1) is 6.20. The number of fused-ring (bicyclic) bond motifs is 1. The molecule has 0 saturated carbocycles. The minimum atomic E-state index is -0.287. The highest BCUT2D eigenvalue weighted by atomic mass is 35.5. The average Bonchev–Trinajstić information content (AvgIpc) is 2.59. The molecule has 0 aromatic carbocycles. The van der Waals surface area contributed by atoms with Crippen LogP contribution in [0, 0.1) is 0 Å². The summed E-state index contributed by atoms with van der Waals surface area (Å²) in [6.45, 7) is 0. The maximum atomic E-state index is 11.1. The number of hydrogen-bond acceptors (Lipinski definition) is 4. The van der Waals surface area contributed by atoms with Crippen molar-refractivity contribution in [3.05, 3.63) is 21.3 Å². The van der Waals surface area contributed by atoms with Gasteiger partial charge in [-0.05, 0) is 12.1 Å². The highest BCUT2D eigenvalue weighted by Crippen LogP contribution is 2.35. The fourth-order valence-corrected chi connectivity index (χ4v) is 3.59. The van der Waals surface area contributed by atoms with Crippen molar-refractivity contribution < 1.29 is 9.53 Å². The number of rotatable bonds is 1. The Morgan fingerprint density at radius 2 is 2.23 bits per heavy atom. The molecule has 2 aromatic rings. The molecule has 68 valence electrons. The van der Waals surface area contributed by atoms with Gasteiger partial charge in [0.15, 0.2) is 0 Å². The summed E-state index contributed by atoms with van der Waals surface area (Å²) in [6, 6.07) is 3.65. The van der Waals surface area contributed by atoms with Gasteiger partial charge < -0.3 is 4.74 Å². The van der Waals surface area contributed by atoms with Gasteiger partial charge in [-0.1, -0.05) is 11.6 Å². The summed E-state index contributed by atoms with van der Waals surface area (Å²) in [5.41, 5.74) is 0. The highest BCUT2D eigenvalue weighted by Gasteiger charge is 2.11. The zero-order valence-electron chi connectivity index (χ0n) is 6.67. The van der Waals surface area contributed by atoms with Crippen LogP contribution in [0.4, 0.5) is 0 Å². The zero-order chi connectivity index (χ0) is 9.42. The molecular formula is C8H5ClO2S2. The molecule has 0 unspecified atom stereocenters. The summed E-state index contributed by atoms with van der Waals surface area (Å²) in [7, 11) is 1.38. The van der Waals surface area contributed by atoms with Crippen LogP contribution >= 0.6 is 34.3 Å². The Balaban J connectivity index is 2.51. The number of halogens is 1. The number of methoxy groups -OCH3 is 1. The minimum Gasteiger partial charge on any atom is -0.465 e. The van der Waals surface area contributed by atoms with Crippen LogP contribution in [0.25, 0.3) is 9.40 Å². The molecule has 2 heterocycles. The van der Waals surface area contributed by atoms with Gasteiger partial charge >= 0.3 is 5.97 Å². The molecule has 0 atom stereocenters. The predicted octanol–water partition coefficient (Wildman–Crippen LogP) is 3.40. The largest absolute Gasteiger partial charge is 0.465 e. The summed E-state index contributed by atoms with van der Waals surface area (Å²) in [5, 5.41) is 1.01. The van der Waals surface area contributed by atoms with Crippen LogP contribution in [-0.4, -0.2) is 13.1 Å². The minimum absolute atomic E-state index is 0.287. The van der Waals surface area contributed by atoms with E-state index in [9.17, 15) is 4.79 Å². The monoisotopic (exact) mass is 232 g/mol. The van der Waals surface area contributed by atoms with E-state index in [2.05, 4.69) is 4.74 Å². The Morgan fingerprint density at radius 1 is 1.46 bits per heavy atom. The van der Waals surface area contributed by atoms with Gasteiger partial charge in [0.1, 0.15) is 4.88 Å². The number of thiophene rings is 2. The lowest BCUT2D eigenvalue weighted by Gasteiger charge is -1.90. The normalized spacial score (nSPS) is 10.6. The smallest absolute Gasteiger partial charge is 0.348 e. The van der Waals surface area contributed by atoms with Crippen molar-refractivity contribution in [3.8, 4) is 0 Å². The molecule has 0 amide bonds. The summed E-state index contributed by atoms with van der Waals surface area (Å²) < 4.78 is 6.42. The van der Waals surface area contributed by atoms with Crippen molar-refractivity contribution in [3.63, 3.8) is 0 Å². The zero-order valence-corrected chi connectivity index (χ0v) is 9.05. The van der Waals surface area contributed by atoms with Gasteiger partial charge in [0.05, 0.1) is 15.5 Å². The summed E-state index contributed by atoms with van der Waals surface area (Å²) in [5.74, 6) is -0.287. The molecule has 0 radical (unpaired) electrons. The van der Waals surface area contributed by atoms with E-state index in [0.29, 0.717) is 4.88 Å². The molecule has 13 heavy (non-hydrogen) atoms. The van der Waals surface area contributed by atoms with Gasteiger partial charge in [-0.25, -0.2) is 4.79 Å². The second-order valence-electron chi connectivity index (χ2n) is 2.40. The van der Waals surface area contributed by atoms with Gasteiger partial charge in [0.25, 0.3) is 0 Å². The van der Waals surface area contributed by atoms with Gasteiger partial charge in [-0.3, -0.25) is 0 Å². The van der Waals surface area contributed by atoms with Gasteiger partial charge in [0.2, 0.25) is 0 Å². The Bertz CT molecular complexity index is 426. The molecule has 0 spiro atoms. The first-order valence-electron chi connectivity index (χ1n) is 3.48. The maximum absolute atomic E-state index is 11.1. The standard InChI is InChI=1S/C8H5ClO2S2/c1-11-7(10)5-2-4-3-6(9)13-8(4)12-5/h2-3H,1H3. The van der Waals surface area contributed by atoms with E-state index in [1.807, 2.05) is 6.07 Å². The van der Waals surface area contributed by atoms with Crippen molar-refractivity contribution in [2.24, 2.45) is 0 Å². The number of ether oxygens (including phenoxy) is 1. The predicted molar refractivity (Wildman–Crippen MR) is 56.1 cm³/mol. The van der Waals surface area contributed by atoms with Crippen LogP contribution in [0.5, 0.6) is 0 Å². The van der Waals surface area contributed by atoms with E-state index in [0.717, 1.165) is 13.7 Å². The lowest BCUT2D eigenvalue weighted by molar-refractivity contribution is 0.0606. The molecule has 0 saturated heterocycles. The molecule has 5 heteroatoms. The fraction of sp³-hybridized carbons (Fsp3) is 0.125. The lowest BCUT2D eigenvalue weighted by atomic mass is 10.4. The van der Waals surface area contributed by atoms with Gasteiger partial charge in [-0.15, -0.1) is 22.7 Å². The summed E-state index contributed by atoms with van der Waals surface area (Å²) >= 11 is 8.69. The Morgan fingerprint density at radius 3 is 2.85 bits per heavy atom. The Kier molecular flexibility index (Phi) is 2.27. The molecule has 0 bridgehead atoms. The second kappa shape index (κ2) is 3.29. The highest BCUT2D eigenvalue weighted by molar-refractivity contribution is 7.40. The number of carbonyl (C=O) groups excluding carboxylic acids is 1. The van der Waals surface area contributed by atoms with E-state index in [1.165, 1.54) is 29.8 Å². The van der Waals surface area contributed by atoms with Gasteiger partial charge in [-0.2, -0.15) is 0 Å². The number of hydrogen-bond donors (Lipinski definition) is 0. The Hall–Kier alpha value is -0.580. The van der Waals surface area contributed by atoms with Gasteiger partial charge in [0, 0.05) is 5.39 Å². The lowest BCUT2D eigenvalue weighted by Crippen LogP contribution is -1.96. The molecular weight excluding hydrogens is 228 g/mol. The van der Waals surface area contributed by atoms with Crippen molar-refractivity contribution in [1.82, 2.24) is 0 Å². The van der Waals surface area contributed by atoms with Crippen molar-refractivity contribution in [2.45, 2.75) is 0 Å². The van der Waals surface area contributed by atoms with Crippen LogP contribution in [0.2, 0.25) is 4.34 Å². The molecule has 2 aromatic heterocycles. The molecule has 0 aliphatic carbocycles. The first kappa shape index (κ1) is 8.99. The van der Waals surface area contributed by atoms with E-state index in [1.54, 1.807) is 6.07 Å². The molecule has 0 aliphatic rings. The van der Waals surface area contributed by atoms with E-state index < -0.39 is 0 Å². The molecule has 0 aliphatic heterocycles.